The molecule has 0 atom stereocenters. The highest BCUT2D eigenvalue weighted by Crippen LogP contribution is 2.19. The number of imidazole rings is 1. The van der Waals surface area contributed by atoms with Crippen LogP contribution in [-0.4, -0.2) is 42.4 Å². The molecule has 0 spiro atoms. The predicted octanol–water partition coefficient (Wildman–Crippen LogP) is 1.16. The Morgan fingerprint density at radius 3 is 2.83 bits per heavy atom. The molecule has 0 amide bonds. The van der Waals surface area contributed by atoms with Crippen LogP contribution in [-0.2, 0) is 17.8 Å². The van der Waals surface area contributed by atoms with Crippen molar-refractivity contribution in [1.82, 2.24) is 9.55 Å². The molecule has 1 aliphatic rings. The molecule has 0 unspecified atom stereocenters. The van der Waals surface area contributed by atoms with E-state index in [0.717, 1.165) is 56.6 Å². The Labute approximate surface area is 141 Å². The van der Waals surface area contributed by atoms with Gasteiger partial charge in [-0.05, 0) is 24.3 Å². The first kappa shape index (κ1) is 15.2. The Morgan fingerprint density at radius 1 is 1.12 bits per heavy atom. The Kier molecular flexibility index (Phi) is 4.49. The fraction of sp³-hybridized carbons (Fsp3) is 0.389. The fourth-order valence-corrected chi connectivity index (χ4v) is 3.20. The summed E-state index contributed by atoms with van der Waals surface area (Å²) in [7, 11) is 0. The largest absolute Gasteiger partial charge is 0.467 e. The summed E-state index contributed by atoms with van der Waals surface area (Å²) in [5, 5.41) is 3.42. The van der Waals surface area contributed by atoms with Crippen LogP contribution in [0, 0.1) is 0 Å². The average Bonchev–Trinajstić information content (AvgIpc) is 3.26. The first-order valence-corrected chi connectivity index (χ1v) is 8.53. The first-order valence-electron chi connectivity index (χ1n) is 8.53. The lowest BCUT2D eigenvalue weighted by Crippen LogP contribution is -3.14. The van der Waals surface area contributed by atoms with E-state index in [4.69, 9.17) is 14.1 Å². The summed E-state index contributed by atoms with van der Waals surface area (Å²) in [4.78, 5) is 6.35. The molecule has 0 radical (unpaired) electrons. The van der Waals surface area contributed by atoms with E-state index in [9.17, 15) is 0 Å². The van der Waals surface area contributed by atoms with Gasteiger partial charge in [-0.1, -0.05) is 12.1 Å². The SMILES string of the molecule is c1coc(CNc2nc3ccccc3n2CC[NH+]2CCOCC2)c1. The number of para-hydroxylation sites is 2. The minimum atomic E-state index is 0.640. The molecule has 0 aliphatic carbocycles. The second kappa shape index (κ2) is 7.07. The van der Waals surface area contributed by atoms with E-state index in [2.05, 4.69) is 28.1 Å². The highest BCUT2D eigenvalue weighted by molar-refractivity contribution is 5.78. The number of fused-ring (bicyclic) bond motifs is 1. The van der Waals surface area contributed by atoms with Crippen LogP contribution < -0.4 is 10.2 Å². The molecular weight excluding hydrogens is 304 g/mol. The van der Waals surface area contributed by atoms with Gasteiger partial charge in [-0.25, -0.2) is 4.98 Å². The molecule has 2 N–H and O–H groups in total. The average molecular weight is 327 g/mol. The Hall–Kier alpha value is -2.31. The molecule has 0 bridgehead atoms. The normalized spacial score (nSPS) is 15.8. The van der Waals surface area contributed by atoms with Crippen LogP contribution in [0.5, 0.6) is 0 Å². The number of rotatable bonds is 6. The van der Waals surface area contributed by atoms with Crippen molar-refractivity contribution in [2.24, 2.45) is 0 Å². The third-order valence-electron chi connectivity index (χ3n) is 4.54. The van der Waals surface area contributed by atoms with E-state index in [0.29, 0.717) is 6.54 Å². The van der Waals surface area contributed by atoms with Crippen LogP contribution in [0.2, 0.25) is 0 Å². The molecular formula is C18H23N4O2+. The fourth-order valence-electron chi connectivity index (χ4n) is 3.20. The van der Waals surface area contributed by atoms with E-state index < -0.39 is 0 Å². The number of morpholine rings is 1. The summed E-state index contributed by atoms with van der Waals surface area (Å²) >= 11 is 0. The van der Waals surface area contributed by atoms with Gasteiger partial charge in [-0.15, -0.1) is 0 Å². The molecule has 1 fully saturated rings. The number of quaternary nitrogens is 1. The lowest BCUT2D eigenvalue weighted by atomic mass is 10.3. The van der Waals surface area contributed by atoms with Crippen molar-refractivity contribution in [3.63, 3.8) is 0 Å². The first-order chi connectivity index (χ1) is 11.9. The summed E-state index contributed by atoms with van der Waals surface area (Å²) in [6, 6.07) is 12.2. The van der Waals surface area contributed by atoms with Gasteiger partial charge in [0, 0.05) is 0 Å². The number of ether oxygens (including phenoxy) is 1. The monoisotopic (exact) mass is 327 g/mol. The van der Waals surface area contributed by atoms with Gasteiger partial charge in [0.1, 0.15) is 18.8 Å². The standard InChI is InChI=1S/C18H22N4O2/c1-2-6-17-16(5-1)20-18(19-14-15-4-3-11-24-15)22(17)8-7-21-9-12-23-13-10-21/h1-6,11H,7-10,12-14H2,(H,19,20)/p+1. The Balaban J connectivity index is 1.53. The smallest absolute Gasteiger partial charge is 0.204 e. The minimum absolute atomic E-state index is 0.640. The van der Waals surface area contributed by atoms with Crippen molar-refractivity contribution in [1.29, 1.82) is 0 Å². The molecule has 1 aromatic carbocycles. The van der Waals surface area contributed by atoms with Crippen LogP contribution in [0.25, 0.3) is 11.0 Å². The summed E-state index contributed by atoms with van der Waals surface area (Å²) in [5.74, 6) is 1.81. The molecule has 24 heavy (non-hydrogen) atoms. The van der Waals surface area contributed by atoms with Crippen molar-refractivity contribution in [2.75, 3.05) is 38.2 Å². The van der Waals surface area contributed by atoms with Crippen molar-refractivity contribution >= 4 is 17.0 Å². The van der Waals surface area contributed by atoms with E-state index in [1.807, 2.05) is 18.2 Å². The van der Waals surface area contributed by atoms with E-state index in [1.165, 1.54) is 5.52 Å². The predicted molar refractivity (Wildman–Crippen MR) is 92.2 cm³/mol. The molecule has 126 valence electrons. The third kappa shape index (κ3) is 3.29. The molecule has 4 rings (SSSR count). The van der Waals surface area contributed by atoms with Crippen LogP contribution in [0.1, 0.15) is 5.76 Å². The number of nitrogens with one attached hydrogen (secondary N) is 2. The number of aromatic nitrogens is 2. The van der Waals surface area contributed by atoms with Gasteiger partial charge in [-0.3, -0.25) is 0 Å². The topological polar surface area (TPSA) is 56.7 Å². The highest BCUT2D eigenvalue weighted by Gasteiger charge is 2.16. The lowest BCUT2D eigenvalue weighted by molar-refractivity contribution is -0.908. The second-order valence-corrected chi connectivity index (χ2v) is 6.12. The maximum atomic E-state index is 5.45. The van der Waals surface area contributed by atoms with Gasteiger partial charge < -0.3 is 23.9 Å². The van der Waals surface area contributed by atoms with Crippen molar-refractivity contribution in [3.8, 4) is 0 Å². The van der Waals surface area contributed by atoms with E-state index in [-0.39, 0.29) is 0 Å². The summed E-state index contributed by atoms with van der Waals surface area (Å²) in [6.07, 6.45) is 1.70. The van der Waals surface area contributed by atoms with Crippen LogP contribution >= 0.6 is 0 Å². The summed E-state index contributed by atoms with van der Waals surface area (Å²) < 4.78 is 13.1. The van der Waals surface area contributed by atoms with Gasteiger partial charge in [0.15, 0.2) is 0 Å². The number of anilines is 1. The number of benzene rings is 1. The maximum Gasteiger partial charge on any atom is 0.204 e. The molecule has 3 aromatic rings. The molecule has 0 saturated carbocycles. The zero-order chi connectivity index (χ0) is 16.2. The summed E-state index contributed by atoms with van der Waals surface area (Å²) in [6.45, 7) is 6.56. The van der Waals surface area contributed by atoms with Crippen molar-refractivity contribution in [2.45, 2.75) is 13.1 Å². The highest BCUT2D eigenvalue weighted by atomic mass is 16.5. The van der Waals surface area contributed by atoms with Crippen LogP contribution in [0.4, 0.5) is 5.95 Å². The van der Waals surface area contributed by atoms with Crippen molar-refractivity contribution < 1.29 is 14.1 Å². The van der Waals surface area contributed by atoms with Gasteiger partial charge in [0.25, 0.3) is 0 Å². The van der Waals surface area contributed by atoms with Gasteiger partial charge >= 0.3 is 0 Å². The minimum Gasteiger partial charge on any atom is -0.467 e. The zero-order valence-corrected chi connectivity index (χ0v) is 13.7. The second-order valence-electron chi connectivity index (χ2n) is 6.12. The molecule has 1 aliphatic heterocycles. The van der Waals surface area contributed by atoms with E-state index in [1.54, 1.807) is 11.2 Å². The number of hydrogen-bond acceptors (Lipinski definition) is 4. The van der Waals surface area contributed by atoms with Gasteiger partial charge in [-0.2, -0.15) is 0 Å². The van der Waals surface area contributed by atoms with Gasteiger partial charge in [0.05, 0.1) is 50.1 Å². The molecule has 3 heterocycles. The van der Waals surface area contributed by atoms with Crippen molar-refractivity contribution in [3.05, 3.63) is 48.4 Å². The maximum absolute atomic E-state index is 5.45. The number of furan rings is 1. The van der Waals surface area contributed by atoms with E-state index >= 15 is 0 Å². The van der Waals surface area contributed by atoms with Crippen LogP contribution in [0.3, 0.4) is 0 Å². The Morgan fingerprint density at radius 2 is 2.00 bits per heavy atom. The summed E-state index contributed by atoms with van der Waals surface area (Å²) in [5.41, 5.74) is 2.20. The lowest BCUT2D eigenvalue weighted by Gasteiger charge is -2.24. The zero-order valence-electron chi connectivity index (χ0n) is 13.7. The van der Waals surface area contributed by atoms with Crippen LogP contribution in [0.15, 0.2) is 47.1 Å². The molecule has 6 heteroatoms. The van der Waals surface area contributed by atoms with Gasteiger partial charge in [0.2, 0.25) is 5.95 Å². The quantitative estimate of drug-likeness (QED) is 0.713. The number of hydrogen-bond donors (Lipinski definition) is 2. The molecule has 2 aromatic heterocycles. The Bertz CT molecular complexity index is 776. The molecule has 1 saturated heterocycles. The molecule has 6 nitrogen and oxygen atoms in total. The number of nitrogens with zero attached hydrogens (tertiary/aromatic N) is 2. The third-order valence-corrected chi connectivity index (χ3v) is 4.54.